The van der Waals surface area contributed by atoms with Gasteiger partial charge in [-0.25, -0.2) is 4.79 Å². The lowest BCUT2D eigenvalue weighted by molar-refractivity contribution is -0.168. The summed E-state index contributed by atoms with van der Waals surface area (Å²) in [6.07, 6.45) is 1.47. The molecule has 0 fully saturated rings. The molecule has 0 bridgehead atoms. The van der Waals surface area contributed by atoms with E-state index in [1.54, 1.807) is 18.2 Å². The maximum atomic E-state index is 11.5. The van der Waals surface area contributed by atoms with Gasteiger partial charge in [0, 0.05) is 11.6 Å². The summed E-state index contributed by atoms with van der Waals surface area (Å²) in [5, 5.41) is 18.8. The molecule has 0 radical (unpaired) electrons. The van der Waals surface area contributed by atoms with Gasteiger partial charge in [0.1, 0.15) is 0 Å². The van der Waals surface area contributed by atoms with Crippen molar-refractivity contribution in [1.82, 2.24) is 0 Å². The van der Waals surface area contributed by atoms with Crippen molar-refractivity contribution >= 4 is 17.6 Å². The van der Waals surface area contributed by atoms with Crippen molar-refractivity contribution in [2.45, 2.75) is 24.9 Å². The number of halogens is 1. The van der Waals surface area contributed by atoms with E-state index in [-0.39, 0.29) is 13.2 Å². The highest BCUT2D eigenvalue weighted by molar-refractivity contribution is 6.30. The van der Waals surface area contributed by atoms with Crippen LogP contribution in [-0.2, 0) is 21.6 Å². The lowest BCUT2D eigenvalue weighted by atomic mass is 9.96. The second-order valence-electron chi connectivity index (χ2n) is 4.36. The van der Waals surface area contributed by atoms with Gasteiger partial charge in [-0.1, -0.05) is 17.7 Å². The normalized spacial score (nSPS) is 21.9. The Morgan fingerprint density at radius 3 is 2.94 bits per heavy atom. The van der Waals surface area contributed by atoms with Crippen LogP contribution in [0.15, 0.2) is 18.2 Å². The summed E-state index contributed by atoms with van der Waals surface area (Å²) < 4.78 is 5.56. The Balaban J connectivity index is 2.31. The molecular formula is C13H15ClO4. The topological polar surface area (TPSA) is 66.8 Å². The summed E-state index contributed by atoms with van der Waals surface area (Å²) in [5.41, 5.74) is 0.320. The number of ether oxygens (including phenoxy) is 1. The first kappa shape index (κ1) is 13.3. The molecule has 0 aliphatic heterocycles. The fourth-order valence-electron chi connectivity index (χ4n) is 2.35. The number of aryl methyl sites for hydroxylation is 1. The molecule has 0 amide bonds. The van der Waals surface area contributed by atoms with Gasteiger partial charge in [0.2, 0.25) is 0 Å². The minimum Gasteiger partial charge on any atom is -0.479 e. The third kappa shape index (κ3) is 2.23. The number of carboxylic acids is 1. The predicted octanol–water partition coefficient (Wildman–Crippen LogP) is 1.97. The van der Waals surface area contributed by atoms with Gasteiger partial charge < -0.3 is 14.9 Å². The highest BCUT2D eigenvalue weighted by atomic mass is 35.5. The number of hydrogen-bond donors (Lipinski definition) is 2. The minimum absolute atomic E-state index is 0.0107. The van der Waals surface area contributed by atoms with E-state index in [0.29, 0.717) is 29.8 Å². The first-order chi connectivity index (χ1) is 8.60. The molecule has 0 spiro atoms. The first-order valence-corrected chi connectivity index (χ1v) is 6.25. The van der Waals surface area contributed by atoms with Crippen molar-refractivity contribution in [3.05, 3.63) is 34.3 Å². The summed E-state index contributed by atoms with van der Waals surface area (Å²) in [5.74, 6) is -0.985. The number of carbonyl (C=O) groups is 1. The van der Waals surface area contributed by atoms with E-state index in [0.717, 1.165) is 5.56 Å². The van der Waals surface area contributed by atoms with Crippen molar-refractivity contribution < 1.29 is 19.7 Å². The van der Waals surface area contributed by atoms with Crippen LogP contribution in [0.5, 0.6) is 0 Å². The van der Waals surface area contributed by atoms with Crippen molar-refractivity contribution in [2.75, 3.05) is 13.2 Å². The lowest BCUT2D eigenvalue weighted by Crippen LogP contribution is -2.37. The van der Waals surface area contributed by atoms with Crippen molar-refractivity contribution in [1.29, 1.82) is 0 Å². The average molecular weight is 271 g/mol. The molecule has 1 atom stereocenters. The van der Waals surface area contributed by atoms with Crippen molar-refractivity contribution in [2.24, 2.45) is 0 Å². The highest BCUT2D eigenvalue weighted by Gasteiger charge is 2.46. The SMILES string of the molecule is O=C(O)C1(OCCCO)CCc2cc(Cl)ccc21. The molecule has 0 saturated carbocycles. The Morgan fingerprint density at radius 2 is 2.28 bits per heavy atom. The molecule has 0 saturated heterocycles. The van der Waals surface area contributed by atoms with Crippen LogP contribution in [0.4, 0.5) is 0 Å². The summed E-state index contributed by atoms with van der Waals surface area (Å²) in [7, 11) is 0. The summed E-state index contributed by atoms with van der Waals surface area (Å²) in [6, 6.07) is 5.19. The smallest absolute Gasteiger partial charge is 0.340 e. The molecule has 1 unspecified atom stereocenters. The zero-order chi connectivity index (χ0) is 13.2. The molecule has 1 aromatic carbocycles. The van der Waals surface area contributed by atoms with E-state index in [4.69, 9.17) is 21.4 Å². The van der Waals surface area contributed by atoms with Gasteiger partial charge >= 0.3 is 5.97 Å². The van der Waals surface area contributed by atoms with E-state index < -0.39 is 11.6 Å². The van der Waals surface area contributed by atoms with Crippen LogP contribution in [0.3, 0.4) is 0 Å². The van der Waals surface area contributed by atoms with E-state index in [1.165, 1.54) is 0 Å². The third-order valence-electron chi connectivity index (χ3n) is 3.25. The maximum absolute atomic E-state index is 11.5. The molecule has 1 aliphatic rings. The number of aliphatic hydroxyl groups is 1. The number of rotatable bonds is 5. The maximum Gasteiger partial charge on any atom is 0.340 e. The lowest BCUT2D eigenvalue weighted by Gasteiger charge is -2.26. The Hall–Kier alpha value is -1.10. The van der Waals surface area contributed by atoms with Crippen LogP contribution in [0.2, 0.25) is 5.02 Å². The number of carboxylic acid groups (broad SMARTS) is 1. The summed E-state index contributed by atoms with van der Waals surface area (Å²) >= 11 is 5.90. The van der Waals surface area contributed by atoms with Gasteiger partial charge in [0.15, 0.2) is 5.60 Å². The van der Waals surface area contributed by atoms with E-state index in [2.05, 4.69) is 0 Å². The molecule has 1 aromatic rings. The molecule has 2 N–H and O–H groups in total. The Labute approximate surface area is 110 Å². The van der Waals surface area contributed by atoms with Crippen molar-refractivity contribution in [3.8, 4) is 0 Å². The molecule has 98 valence electrons. The Bertz CT molecular complexity index is 460. The fourth-order valence-corrected chi connectivity index (χ4v) is 2.55. The van der Waals surface area contributed by atoms with Crippen LogP contribution < -0.4 is 0 Å². The second kappa shape index (κ2) is 5.26. The number of aliphatic hydroxyl groups excluding tert-OH is 1. The molecule has 0 heterocycles. The van der Waals surface area contributed by atoms with Crippen molar-refractivity contribution in [3.63, 3.8) is 0 Å². The number of fused-ring (bicyclic) bond motifs is 1. The third-order valence-corrected chi connectivity index (χ3v) is 3.48. The van der Waals surface area contributed by atoms with Crippen LogP contribution in [0.25, 0.3) is 0 Å². The zero-order valence-electron chi connectivity index (χ0n) is 9.86. The van der Waals surface area contributed by atoms with Crippen LogP contribution in [-0.4, -0.2) is 29.4 Å². The van der Waals surface area contributed by atoms with E-state index >= 15 is 0 Å². The Kier molecular flexibility index (Phi) is 3.90. The van der Waals surface area contributed by atoms with Crippen LogP contribution in [0, 0.1) is 0 Å². The van der Waals surface area contributed by atoms with E-state index in [1.807, 2.05) is 0 Å². The molecule has 1 aliphatic carbocycles. The monoisotopic (exact) mass is 270 g/mol. The largest absolute Gasteiger partial charge is 0.479 e. The Morgan fingerprint density at radius 1 is 1.50 bits per heavy atom. The van der Waals surface area contributed by atoms with Gasteiger partial charge in [-0.2, -0.15) is 0 Å². The van der Waals surface area contributed by atoms with Crippen LogP contribution in [0.1, 0.15) is 24.0 Å². The molecular weight excluding hydrogens is 256 g/mol. The minimum atomic E-state index is -1.28. The fraction of sp³-hybridized carbons (Fsp3) is 0.462. The molecule has 4 nitrogen and oxygen atoms in total. The number of benzene rings is 1. The van der Waals surface area contributed by atoms with Gasteiger partial charge in [-0.05, 0) is 42.5 Å². The standard InChI is InChI=1S/C13H15ClO4/c14-10-2-3-11-9(8-10)4-5-13(11,12(16)17)18-7-1-6-15/h2-3,8,15H,1,4-7H2,(H,16,17). The van der Waals surface area contributed by atoms with Gasteiger partial charge in [0.25, 0.3) is 0 Å². The highest BCUT2D eigenvalue weighted by Crippen LogP contribution is 2.41. The van der Waals surface area contributed by atoms with Crippen LogP contribution >= 0.6 is 11.6 Å². The molecule has 5 heteroatoms. The second-order valence-corrected chi connectivity index (χ2v) is 4.80. The average Bonchev–Trinajstić information content (AvgIpc) is 2.69. The molecule has 18 heavy (non-hydrogen) atoms. The number of aliphatic carboxylic acids is 1. The van der Waals surface area contributed by atoms with E-state index in [9.17, 15) is 9.90 Å². The van der Waals surface area contributed by atoms with Gasteiger partial charge in [-0.3, -0.25) is 0 Å². The summed E-state index contributed by atoms with van der Waals surface area (Å²) in [4.78, 5) is 11.5. The molecule has 2 rings (SSSR count). The first-order valence-electron chi connectivity index (χ1n) is 5.87. The quantitative estimate of drug-likeness (QED) is 0.803. The predicted molar refractivity (Wildman–Crippen MR) is 66.7 cm³/mol. The number of hydrogen-bond acceptors (Lipinski definition) is 3. The summed E-state index contributed by atoms with van der Waals surface area (Å²) in [6.45, 7) is 0.216. The zero-order valence-corrected chi connectivity index (χ0v) is 10.6. The van der Waals surface area contributed by atoms with Gasteiger partial charge in [-0.15, -0.1) is 0 Å². The molecule has 0 aromatic heterocycles. The van der Waals surface area contributed by atoms with Gasteiger partial charge in [0.05, 0.1) is 6.61 Å².